The fourth-order valence-corrected chi connectivity index (χ4v) is 3.98. The Bertz CT molecular complexity index is 666. The van der Waals surface area contributed by atoms with Crippen LogP contribution >= 0.6 is 11.3 Å². The van der Waals surface area contributed by atoms with E-state index >= 15 is 0 Å². The summed E-state index contributed by atoms with van der Waals surface area (Å²) in [5, 5.41) is 0. The molecule has 0 bridgehead atoms. The van der Waals surface area contributed by atoms with Crippen LogP contribution in [-0.4, -0.2) is 16.4 Å². The van der Waals surface area contributed by atoms with Gasteiger partial charge >= 0.3 is 0 Å². The van der Waals surface area contributed by atoms with E-state index in [1.165, 1.54) is 11.3 Å². The third-order valence-corrected chi connectivity index (χ3v) is 6.27. The van der Waals surface area contributed by atoms with Crippen molar-refractivity contribution in [3.8, 4) is 0 Å². The first-order valence-corrected chi connectivity index (χ1v) is 7.85. The molecule has 21 heavy (non-hydrogen) atoms. The molecule has 0 atom stereocenters. The van der Waals surface area contributed by atoms with Crippen LogP contribution in [0.3, 0.4) is 0 Å². The Balaban J connectivity index is 2.41. The Kier molecular flexibility index (Phi) is 3.64. The molecule has 1 aromatic rings. The Morgan fingerprint density at radius 2 is 1.76 bits per heavy atom. The summed E-state index contributed by atoms with van der Waals surface area (Å²) in [6.45, 7) is 12.3. The van der Waals surface area contributed by atoms with E-state index in [9.17, 15) is 9.59 Å². The van der Waals surface area contributed by atoms with Crippen molar-refractivity contribution >= 4 is 23.2 Å². The van der Waals surface area contributed by atoms with E-state index in [1.54, 1.807) is 4.57 Å². The van der Waals surface area contributed by atoms with Gasteiger partial charge in [0.05, 0.1) is 5.92 Å². The molecule has 6 heteroatoms. The van der Waals surface area contributed by atoms with Gasteiger partial charge in [-0.15, -0.1) is 11.3 Å². The predicted octanol–water partition coefficient (Wildman–Crippen LogP) is 1.76. The number of rotatable bonds is 3. The highest BCUT2D eigenvalue weighted by Crippen LogP contribution is 2.68. The number of nitrogens with two attached hydrogens (primary N) is 1. The molecule has 0 spiro atoms. The average Bonchev–Trinajstić information content (AvgIpc) is 2.59. The van der Waals surface area contributed by atoms with Gasteiger partial charge in [0, 0.05) is 10.6 Å². The van der Waals surface area contributed by atoms with Crippen molar-refractivity contribution in [1.29, 1.82) is 0 Å². The second-order valence-corrected chi connectivity index (χ2v) is 8.09. The number of primary amides is 1. The molecule has 1 aliphatic rings. The third kappa shape index (κ3) is 2.46. The van der Waals surface area contributed by atoms with Crippen LogP contribution in [0.5, 0.6) is 0 Å². The van der Waals surface area contributed by atoms with Crippen molar-refractivity contribution in [2.24, 2.45) is 27.5 Å². The highest BCUT2D eigenvalue weighted by atomic mass is 32.1. The van der Waals surface area contributed by atoms with Crippen molar-refractivity contribution in [1.82, 2.24) is 4.57 Å². The molecule has 2 rings (SSSR count). The first-order valence-electron chi connectivity index (χ1n) is 7.04. The molecule has 5 nitrogen and oxygen atoms in total. The van der Waals surface area contributed by atoms with E-state index in [4.69, 9.17) is 5.73 Å². The van der Waals surface area contributed by atoms with E-state index in [-0.39, 0.29) is 29.2 Å². The molecular weight excluding hydrogens is 286 g/mol. The monoisotopic (exact) mass is 309 g/mol. The summed E-state index contributed by atoms with van der Waals surface area (Å²) in [4.78, 5) is 29.6. The number of hydrogen-bond donors (Lipinski definition) is 1. The molecule has 2 N–H and O–H groups in total. The fraction of sp³-hybridized carbons (Fsp3) is 0.667. The Labute approximate surface area is 128 Å². The third-order valence-electron chi connectivity index (χ3n) is 5.18. The van der Waals surface area contributed by atoms with Gasteiger partial charge in [-0.1, -0.05) is 27.7 Å². The van der Waals surface area contributed by atoms with Gasteiger partial charge in [-0.2, -0.15) is 4.99 Å². The van der Waals surface area contributed by atoms with Crippen LogP contribution in [-0.2, 0) is 16.1 Å². The molecule has 0 aliphatic heterocycles. The molecule has 0 unspecified atom stereocenters. The van der Waals surface area contributed by atoms with Crippen molar-refractivity contribution in [2.45, 2.75) is 48.1 Å². The first kappa shape index (κ1) is 15.9. The van der Waals surface area contributed by atoms with Crippen LogP contribution < -0.4 is 10.5 Å². The molecule has 1 aromatic heterocycles. The highest BCUT2D eigenvalue weighted by Gasteiger charge is 2.68. The lowest BCUT2D eigenvalue weighted by Gasteiger charge is -2.03. The second kappa shape index (κ2) is 4.80. The Morgan fingerprint density at radius 3 is 2.19 bits per heavy atom. The minimum absolute atomic E-state index is 0.0382. The Hall–Kier alpha value is -1.43. The van der Waals surface area contributed by atoms with Gasteiger partial charge in [0.15, 0.2) is 4.80 Å². The van der Waals surface area contributed by atoms with E-state index in [1.807, 2.05) is 13.8 Å². The highest BCUT2D eigenvalue weighted by molar-refractivity contribution is 7.09. The van der Waals surface area contributed by atoms with Crippen molar-refractivity contribution in [3.05, 3.63) is 15.4 Å². The SMILES string of the molecule is Cc1sc(=NC(=O)C2C(C)(C)C2(C)C)n(CC(N)=O)c1C. The van der Waals surface area contributed by atoms with Gasteiger partial charge in [0.25, 0.3) is 5.91 Å². The smallest absolute Gasteiger partial charge is 0.252 e. The molecule has 1 fully saturated rings. The number of aromatic nitrogens is 1. The van der Waals surface area contributed by atoms with Crippen LogP contribution in [0.15, 0.2) is 4.99 Å². The maximum Gasteiger partial charge on any atom is 0.252 e. The van der Waals surface area contributed by atoms with Crippen molar-refractivity contribution in [3.63, 3.8) is 0 Å². The van der Waals surface area contributed by atoms with Gasteiger partial charge in [0.1, 0.15) is 6.54 Å². The van der Waals surface area contributed by atoms with Gasteiger partial charge in [0.2, 0.25) is 5.91 Å². The van der Waals surface area contributed by atoms with E-state index in [0.29, 0.717) is 4.80 Å². The molecule has 1 aliphatic carbocycles. The van der Waals surface area contributed by atoms with Gasteiger partial charge in [-0.3, -0.25) is 9.59 Å². The number of hydrogen-bond acceptors (Lipinski definition) is 3. The van der Waals surface area contributed by atoms with Crippen LogP contribution in [0.1, 0.15) is 38.3 Å². The van der Waals surface area contributed by atoms with Gasteiger partial charge in [-0.25, -0.2) is 0 Å². The summed E-state index contributed by atoms with van der Waals surface area (Å²) in [6, 6.07) is 0. The predicted molar refractivity (Wildman–Crippen MR) is 82.6 cm³/mol. The molecule has 1 saturated carbocycles. The van der Waals surface area contributed by atoms with Gasteiger partial charge < -0.3 is 10.3 Å². The summed E-state index contributed by atoms with van der Waals surface area (Å²) in [6.07, 6.45) is 0. The number of nitrogens with zero attached hydrogens (tertiary/aromatic N) is 2. The minimum atomic E-state index is -0.433. The van der Waals surface area contributed by atoms with E-state index < -0.39 is 5.91 Å². The molecule has 0 saturated heterocycles. The summed E-state index contributed by atoms with van der Waals surface area (Å²) in [7, 11) is 0. The van der Waals surface area contributed by atoms with Crippen molar-refractivity contribution < 1.29 is 9.59 Å². The minimum Gasteiger partial charge on any atom is -0.368 e. The molecule has 0 radical (unpaired) electrons. The lowest BCUT2D eigenvalue weighted by molar-refractivity contribution is -0.121. The average molecular weight is 309 g/mol. The zero-order chi connectivity index (χ0) is 16.2. The zero-order valence-corrected chi connectivity index (χ0v) is 14.3. The van der Waals surface area contributed by atoms with Crippen LogP contribution in [0.25, 0.3) is 0 Å². The van der Waals surface area contributed by atoms with Crippen LogP contribution in [0.4, 0.5) is 0 Å². The summed E-state index contributed by atoms with van der Waals surface area (Å²) in [5.74, 6) is -0.615. The number of amides is 2. The lowest BCUT2D eigenvalue weighted by atomic mass is 10.0. The largest absolute Gasteiger partial charge is 0.368 e. The second-order valence-electron chi connectivity index (χ2n) is 6.91. The number of carbonyl (C=O) groups is 2. The lowest BCUT2D eigenvalue weighted by Crippen LogP contribution is -2.27. The molecule has 2 amide bonds. The van der Waals surface area contributed by atoms with Gasteiger partial charge in [-0.05, 0) is 24.7 Å². The topological polar surface area (TPSA) is 77.4 Å². The summed E-state index contributed by atoms with van der Waals surface area (Å²) >= 11 is 1.42. The zero-order valence-electron chi connectivity index (χ0n) is 13.5. The molecule has 0 aromatic carbocycles. The maximum absolute atomic E-state index is 12.5. The maximum atomic E-state index is 12.5. The molecular formula is C15H23N3O2S. The normalized spacial score (nSPS) is 20.6. The van der Waals surface area contributed by atoms with E-state index in [2.05, 4.69) is 32.7 Å². The summed E-state index contributed by atoms with van der Waals surface area (Å²) in [5.41, 5.74) is 6.13. The summed E-state index contributed by atoms with van der Waals surface area (Å²) < 4.78 is 1.72. The van der Waals surface area contributed by atoms with Crippen molar-refractivity contribution in [2.75, 3.05) is 0 Å². The fourth-order valence-electron chi connectivity index (χ4n) is 3.00. The van der Waals surface area contributed by atoms with Crippen LogP contribution in [0.2, 0.25) is 0 Å². The van der Waals surface area contributed by atoms with E-state index in [0.717, 1.165) is 10.6 Å². The van der Waals surface area contributed by atoms with Crippen LogP contribution in [0, 0.1) is 30.6 Å². The molecule has 1 heterocycles. The number of thiazole rings is 1. The Morgan fingerprint density at radius 1 is 1.24 bits per heavy atom. The number of aryl methyl sites for hydroxylation is 1. The first-order chi connectivity index (χ1) is 9.50. The standard InChI is InChI=1S/C15H23N3O2S/c1-8-9(2)21-13(18(8)7-10(16)19)17-12(20)11-14(3,4)15(11,5)6/h11H,7H2,1-6H3,(H2,16,19). The number of carbonyl (C=O) groups excluding carboxylic acids is 2. The quantitative estimate of drug-likeness (QED) is 0.923. The molecule has 116 valence electrons.